The van der Waals surface area contributed by atoms with Crippen LogP contribution in [0.5, 0.6) is 0 Å². The molecule has 3 heterocycles. The molecule has 9 heteroatoms. The molecular formula is C22H22N4O4S. The van der Waals surface area contributed by atoms with Crippen LogP contribution in [0.3, 0.4) is 0 Å². The number of ether oxygens (including phenoxy) is 1. The molecule has 0 fully saturated rings. The predicted octanol–water partition coefficient (Wildman–Crippen LogP) is 3.49. The van der Waals surface area contributed by atoms with Gasteiger partial charge < -0.3 is 24.4 Å². The van der Waals surface area contributed by atoms with Crippen LogP contribution in [-0.2, 0) is 16.1 Å². The minimum absolute atomic E-state index is 0.225. The Bertz CT molecular complexity index is 1080. The number of nitrogens with one attached hydrogen (secondary N) is 2. The summed E-state index contributed by atoms with van der Waals surface area (Å²) in [6.45, 7) is 2.64. The van der Waals surface area contributed by atoms with Gasteiger partial charge in [0.2, 0.25) is 0 Å². The first kappa shape index (κ1) is 20.8. The highest BCUT2D eigenvalue weighted by molar-refractivity contribution is 7.99. The third kappa shape index (κ3) is 4.83. The van der Waals surface area contributed by atoms with Crippen molar-refractivity contribution < 1.29 is 18.7 Å². The second kappa shape index (κ2) is 9.57. The molecule has 0 spiro atoms. The van der Waals surface area contributed by atoms with E-state index in [1.807, 2.05) is 29.0 Å². The summed E-state index contributed by atoms with van der Waals surface area (Å²) in [6, 6.07) is 12.4. The third-order valence-electron chi connectivity index (χ3n) is 4.70. The summed E-state index contributed by atoms with van der Waals surface area (Å²) in [5.74, 6) is 0.301. The van der Waals surface area contributed by atoms with E-state index in [0.29, 0.717) is 29.3 Å². The van der Waals surface area contributed by atoms with E-state index in [1.165, 1.54) is 18.0 Å². The van der Waals surface area contributed by atoms with E-state index in [0.717, 1.165) is 10.7 Å². The number of amides is 2. The van der Waals surface area contributed by atoms with Crippen LogP contribution in [0.1, 0.15) is 24.3 Å². The van der Waals surface area contributed by atoms with Crippen LogP contribution in [0.25, 0.3) is 0 Å². The fraction of sp³-hybridized carbons (Fsp3) is 0.227. The van der Waals surface area contributed by atoms with Crippen molar-refractivity contribution in [1.29, 1.82) is 0 Å². The second-order valence-electron chi connectivity index (χ2n) is 6.77. The van der Waals surface area contributed by atoms with Crippen molar-refractivity contribution in [3.8, 4) is 0 Å². The normalized spacial score (nSPS) is 16.0. The maximum Gasteiger partial charge on any atom is 0.338 e. The molecule has 0 bridgehead atoms. The standard InChI is InChI=1S/C22H22N4O4S/c1-2-29-20(27)18-16(24-21(28)25-19(18)17-9-6-12-30-17)14-31-22-23-10-11-26(22)13-15-7-4-3-5-8-15/h3-12,19H,2,13-14H2,1H3,(H2,24,25,28)/t19-/m1/s1. The number of rotatable bonds is 8. The van der Waals surface area contributed by atoms with Crippen LogP contribution < -0.4 is 10.6 Å². The lowest BCUT2D eigenvalue weighted by Crippen LogP contribution is -2.46. The molecule has 1 aromatic carbocycles. The predicted molar refractivity (Wildman–Crippen MR) is 115 cm³/mol. The monoisotopic (exact) mass is 438 g/mol. The highest BCUT2D eigenvalue weighted by atomic mass is 32.2. The fourth-order valence-electron chi connectivity index (χ4n) is 3.32. The number of aromatic nitrogens is 2. The Hall–Kier alpha value is -3.46. The van der Waals surface area contributed by atoms with Crippen molar-refractivity contribution in [2.75, 3.05) is 12.4 Å². The number of furan rings is 1. The van der Waals surface area contributed by atoms with E-state index in [-0.39, 0.29) is 6.61 Å². The molecule has 3 aromatic rings. The number of urea groups is 1. The van der Waals surface area contributed by atoms with Gasteiger partial charge in [0.15, 0.2) is 5.16 Å². The van der Waals surface area contributed by atoms with Gasteiger partial charge in [0.1, 0.15) is 11.8 Å². The SMILES string of the molecule is CCOC(=O)C1=C(CSc2nccn2Cc2ccccc2)NC(=O)N[C@@H]1c1ccco1. The molecule has 4 rings (SSSR count). The van der Waals surface area contributed by atoms with Crippen molar-refractivity contribution in [1.82, 2.24) is 20.2 Å². The van der Waals surface area contributed by atoms with E-state index in [9.17, 15) is 9.59 Å². The van der Waals surface area contributed by atoms with Gasteiger partial charge in [-0.05, 0) is 24.6 Å². The Labute approximate surface area is 183 Å². The molecule has 0 saturated carbocycles. The number of nitrogens with zero attached hydrogens (tertiary/aromatic N) is 2. The van der Waals surface area contributed by atoms with Crippen molar-refractivity contribution in [2.24, 2.45) is 0 Å². The lowest BCUT2D eigenvalue weighted by atomic mass is 10.0. The van der Waals surface area contributed by atoms with E-state index < -0.39 is 18.0 Å². The molecule has 0 radical (unpaired) electrons. The van der Waals surface area contributed by atoms with Crippen LogP contribution >= 0.6 is 11.8 Å². The summed E-state index contributed by atoms with van der Waals surface area (Å²) in [6.07, 6.45) is 5.14. The van der Waals surface area contributed by atoms with Gasteiger partial charge in [-0.1, -0.05) is 42.1 Å². The maximum absolute atomic E-state index is 12.7. The van der Waals surface area contributed by atoms with Crippen LogP contribution in [0.4, 0.5) is 4.79 Å². The quantitative estimate of drug-likeness (QED) is 0.413. The lowest BCUT2D eigenvalue weighted by molar-refractivity contribution is -0.139. The number of hydrogen-bond acceptors (Lipinski definition) is 6. The molecular weight excluding hydrogens is 416 g/mol. The largest absolute Gasteiger partial charge is 0.467 e. The van der Waals surface area contributed by atoms with E-state index in [1.54, 1.807) is 25.3 Å². The van der Waals surface area contributed by atoms with Crippen LogP contribution in [0.2, 0.25) is 0 Å². The van der Waals surface area contributed by atoms with E-state index >= 15 is 0 Å². The molecule has 0 aliphatic carbocycles. The average Bonchev–Trinajstić information content (AvgIpc) is 3.45. The Balaban J connectivity index is 1.59. The summed E-state index contributed by atoms with van der Waals surface area (Å²) >= 11 is 1.43. The molecule has 2 amide bonds. The number of carbonyl (C=O) groups is 2. The molecule has 8 nitrogen and oxygen atoms in total. The van der Waals surface area contributed by atoms with Gasteiger partial charge in [-0.25, -0.2) is 14.6 Å². The number of benzene rings is 1. The minimum Gasteiger partial charge on any atom is -0.467 e. The lowest BCUT2D eigenvalue weighted by Gasteiger charge is -2.27. The highest BCUT2D eigenvalue weighted by Crippen LogP contribution is 2.30. The second-order valence-corrected chi connectivity index (χ2v) is 7.71. The average molecular weight is 439 g/mol. The summed E-state index contributed by atoms with van der Waals surface area (Å²) in [7, 11) is 0. The van der Waals surface area contributed by atoms with Crippen molar-refractivity contribution in [3.05, 3.63) is 83.7 Å². The zero-order valence-corrected chi connectivity index (χ0v) is 17.7. The van der Waals surface area contributed by atoms with Crippen molar-refractivity contribution in [3.63, 3.8) is 0 Å². The molecule has 160 valence electrons. The molecule has 0 saturated heterocycles. The zero-order chi connectivity index (χ0) is 21.6. The van der Waals surface area contributed by atoms with E-state index in [4.69, 9.17) is 9.15 Å². The smallest absolute Gasteiger partial charge is 0.338 e. The number of thioether (sulfide) groups is 1. The fourth-order valence-corrected chi connectivity index (χ4v) is 4.25. The molecule has 0 unspecified atom stereocenters. The molecule has 2 N–H and O–H groups in total. The van der Waals surface area contributed by atoms with Gasteiger partial charge in [-0.3, -0.25) is 0 Å². The Morgan fingerprint density at radius 3 is 2.84 bits per heavy atom. The maximum atomic E-state index is 12.7. The van der Waals surface area contributed by atoms with Gasteiger partial charge >= 0.3 is 12.0 Å². The topological polar surface area (TPSA) is 98.4 Å². The van der Waals surface area contributed by atoms with Gasteiger partial charge in [-0.2, -0.15) is 0 Å². The van der Waals surface area contributed by atoms with Crippen molar-refractivity contribution in [2.45, 2.75) is 24.7 Å². The van der Waals surface area contributed by atoms with Gasteiger partial charge in [0.05, 0.1) is 18.4 Å². The number of esters is 1. The molecule has 1 atom stereocenters. The summed E-state index contributed by atoms with van der Waals surface area (Å²) < 4.78 is 12.7. The zero-order valence-electron chi connectivity index (χ0n) is 16.9. The first-order chi connectivity index (χ1) is 15.2. The minimum atomic E-state index is -0.720. The van der Waals surface area contributed by atoms with Crippen LogP contribution in [0, 0.1) is 0 Å². The van der Waals surface area contributed by atoms with E-state index in [2.05, 4.69) is 27.8 Å². The summed E-state index contributed by atoms with van der Waals surface area (Å²) in [5.41, 5.74) is 1.95. The van der Waals surface area contributed by atoms with Gasteiger partial charge in [0, 0.05) is 30.4 Å². The highest BCUT2D eigenvalue weighted by Gasteiger charge is 2.35. The molecule has 2 aromatic heterocycles. The van der Waals surface area contributed by atoms with Crippen LogP contribution in [0.15, 0.2) is 82.0 Å². The summed E-state index contributed by atoms with van der Waals surface area (Å²) in [4.78, 5) is 29.5. The number of hydrogen-bond donors (Lipinski definition) is 2. The van der Waals surface area contributed by atoms with Gasteiger partial charge in [0.25, 0.3) is 0 Å². The third-order valence-corrected chi connectivity index (χ3v) is 5.73. The van der Waals surface area contributed by atoms with Gasteiger partial charge in [-0.15, -0.1) is 0 Å². The Kier molecular flexibility index (Phi) is 6.42. The van der Waals surface area contributed by atoms with Crippen molar-refractivity contribution >= 4 is 23.8 Å². The summed E-state index contributed by atoms with van der Waals surface area (Å²) in [5, 5.41) is 6.28. The first-order valence-corrected chi connectivity index (χ1v) is 10.8. The van der Waals surface area contributed by atoms with Crippen LogP contribution in [-0.4, -0.2) is 33.9 Å². The Morgan fingerprint density at radius 2 is 2.10 bits per heavy atom. The molecule has 1 aliphatic heterocycles. The number of carbonyl (C=O) groups excluding carboxylic acids is 2. The molecule has 31 heavy (non-hydrogen) atoms. The first-order valence-electron chi connectivity index (χ1n) is 9.84. The Morgan fingerprint density at radius 1 is 1.26 bits per heavy atom. The molecule has 1 aliphatic rings. The number of imidazole rings is 1.